The lowest BCUT2D eigenvalue weighted by Crippen LogP contribution is -2.42. The summed E-state index contributed by atoms with van der Waals surface area (Å²) in [4.78, 5) is 0. The summed E-state index contributed by atoms with van der Waals surface area (Å²) in [7, 11) is 1.21. The van der Waals surface area contributed by atoms with Crippen molar-refractivity contribution in [1.82, 2.24) is 5.32 Å². The van der Waals surface area contributed by atoms with E-state index in [-0.39, 0.29) is 5.41 Å². The van der Waals surface area contributed by atoms with E-state index in [1.807, 2.05) is 7.05 Å². The third kappa shape index (κ3) is 4.53. The fourth-order valence-electron chi connectivity index (χ4n) is 1.00. The highest BCUT2D eigenvalue weighted by atomic mass is 32.2. The zero-order chi connectivity index (χ0) is 9.07. The van der Waals surface area contributed by atoms with Gasteiger partial charge in [-0.25, -0.2) is 0 Å². The number of hydrogen-bond donors (Lipinski definition) is 1. The standard InChI is InChI=1S/C8H19NOS/c1-8(2,3)7(9-4)6-11(5)10/h7,9H,6H2,1-5H3. The Hall–Kier alpha value is 0.110. The second kappa shape index (κ2) is 4.21. The molecule has 0 amide bonds. The van der Waals surface area contributed by atoms with Crippen LogP contribution in [0.1, 0.15) is 20.8 Å². The van der Waals surface area contributed by atoms with Gasteiger partial charge in [0.25, 0.3) is 0 Å². The molecule has 2 atom stereocenters. The lowest BCUT2D eigenvalue weighted by molar-refractivity contribution is 0.304. The third-order valence-corrected chi connectivity index (χ3v) is 2.60. The zero-order valence-electron chi connectivity index (χ0n) is 8.10. The Morgan fingerprint density at radius 2 is 1.91 bits per heavy atom. The van der Waals surface area contributed by atoms with Crippen LogP contribution in [0, 0.1) is 5.41 Å². The molecule has 0 saturated carbocycles. The Morgan fingerprint density at radius 3 is 2.00 bits per heavy atom. The molecule has 0 radical (unpaired) electrons. The lowest BCUT2D eigenvalue weighted by Gasteiger charge is -2.29. The first-order valence-electron chi connectivity index (χ1n) is 3.85. The van der Waals surface area contributed by atoms with E-state index in [9.17, 15) is 4.21 Å². The Balaban J connectivity index is 4.07. The van der Waals surface area contributed by atoms with E-state index in [0.29, 0.717) is 6.04 Å². The summed E-state index contributed by atoms with van der Waals surface area (Å²) < 4.78 is 10.9. The molecule has 0 aliphatic rings. The molecule has 2 nitrogen and oxygen atoms in total. The average Bonchev–Trinajstić information content (AvgIpc) is 1.79. The molecular formula is C8H19NOS. The zero-order valence-corrected chi connectivity index (χ0v) is 8.92. The minimum absolute atomic E-state index is 0.195. The van der Waals surface area contributed by atoms with E-state index in [4.69, 9.17) is 0 Å². The summed E-state index contributed by atoms with van der Waals surface area (Å²) in [6.45, 7) is 6.46. The maximum absolute atomic E-state index is 10.9. The molecule has 0 rings (SSSR count). The molecule has 0 aromatic rings. The molecule has 0 spiro atoms. The van der Waals surface area contributed by atoms with Crippen LogP contribution in [-0.4, -0.2) is 29.3 Å². The average molecular weight is 177 g/mol. The lowest BCUT2D eigenvalue weighted by atomic mass is 9.88. The highest BCUT2D eigenvalue weighted by Crippen LogP contribution is 2.19. The van der Waals surface area contributed by atoms with Crippen LogP contribution in [0.3, 0.4) is 0 Å². The Kier molecular flexibility index (Phi) is 4.26. The van der Waals surface area contributed by atoms with E-state index < -0.39 is 10.8 Å². The highest BCUT2D eigenvalue weighted by Gasteiger charge is 2.23. The maximum Gasteiger partial charge on any atom is 0.0390 e. The molecule has 2 unspecified atom stereocenters. The normalized spacial score (nSPS) is 17.9. The molecule has 0 bridgehead atoms. The van der Waals surface area contributed by atoms with Crippen LogP contribution in [-0.2, 0) is 10.8 Å². The fraction of sp³-hybridized carbons (Fsp3) is 1.00. The van der Waals surface area contributed by atoms with Gasteiger partial charge in [0.2, 0.25) is 0 Å². The molecule has 68 valence electrons. The minimum atomic E-state index is -0.704. The van der Waals surface area contributed by atoms with Crippen molar-refractivity contribution in [2.45, 2.75) is 26.8 Å². The van der Waals surface area contributed by atoms with Crippen LogP contribution >= 0.6 is 0 Å². The molecule has 0 heterocycles. The van der Waals surface area contributed by atoms with Crippen LogP contribution in [0.15, 0.2) is 0 Å². The minimum Gasteiger partial charge on any atom is -0.316 e. The van der Waals surface area contributed by atoms with Gasteiger partial charge in [0.1, 0.15) is 0 Å². The Labute approximate surface area is 72.2 Å². The van der Waals surface area contributed by atoms with E-state index in [0.717, 1.165) is 5.75 Å². The molecule has 0 fully saturated rings. The molecular weight excluding hydrogens is 158 g/mol. The summed E-state index contributed by atoms with van der Waals surface area (Å²) in [5, 5.41) is 3.18. The van der Waals surface area contributed by atoms with E-state index in [1.165, 1.54) is 0 Å². The molecule has 0 aliphatic heterocycles. The van der Waals surface area contributed by atoms with Gasteiger partial charge in [0, 0.05) is 28.9 Å². The largest absolute Gasteiger partial charge is 0.316 e. The van der Waals surface area contributed by atoms with Gasteiger partial charge in [-0.15, -0.1) is 0 Å². The summed E-state index contributed by atoms with van der Waals surface area (Å²) in [5.41, 5.74) is 0.195. The van der Waals surface area contributed by atoms with Crippen LogP contribution in [0.25, 0.3) is 0 Å². The molecule has 1 N–H and O–H groups in total. The SMILES string of the molecule is CNC(CS(C)=O)C(C)(C)C. The summed E-state index contributed by atoms with van der Waals surface area (Å²) in [6, 6.07) is 0.341. The molecule has 0 aromatic heterocycles. The van der Waals surface area contributed by atoms with Gasteiger partial charge in [0.05, 0.1) is 0 Å². The van der Waals surface area contributed by atoms with Crippen LogP contribution in [0.4, 0.5) is 0 Å². The van der Waals surface area contributed by atoms with E-state index in [2.05, 4.69) is 26.1 Å². The van der Waals surface area contributed by atoms with Crippen molar-refractivity contribution < 1.29 is 4.21 Å². The second-order valence-corrected chi connectivity index (χ2v) is 5.43. The Morgan fingerprint density at radius 1 is 1.45 bits per heavy atom. The predicted octanol–water partition coefficient (Wildman–Crippen LogP) is 0.999. The number of nitrogens with one attached hydrogen (secondary N) is 1. The summed E-state index contributed by atoms with van der Waals surface area (Å²) in [6.07, 6.45) is 1.75. The molecule has 0 aromatic carbocycles. The van der Waals surface area contributed by atoms with Crippen molar-refractivity contribution in [2.75, 3.05) is 19.1 Å². The van der Waals surface area contributed by atoms with Crippen LogP contribution in [0.5, 0.6) is 0 Å². The van der Waals surface area contributed by atoms with E-state index >= 15 is 0 Å². The van der Waals surface area contributed by atoms with Gasteiger partial charge in [-0.3, -0.25) is 4.21 Å². The molecule has 0 saturated heterocycles. The molecule has 11 heavy (non-hydrogen) atoms. The van der Waals surface area contributed by atoms with Gasteiger partial charge in [-0.05, 0) is 12.5 Å². The van der Waals surface area contributed by atoms with Gasteiger partial charge in [-0.1, -0.05) is 20.8 Å². The first-order valence-corrected chi connectivity index (χ1v) is 5.58. The van der Waals surface area contributed by atoms with Crippen molar-refractivity contribution in [2.24, 2.45) is 5.41 Å². The summed E-state index contributed by atoms with van der Waals surface area (Å²) in [5.74, 6) is 0.736. The van der Waals surface area contributed by atoms with Crippen LogP contribution in [0.2, 0.25) is 0 Å². The molecule has 3 heteroatoms. The monoisotopic (exact) mass is 177 g/mol. The van der Waals surface area contributed by atoms with Gasteiger partial charge in [0.15, 0.2) is 0 Å². The maximum atomic E-state index is 10.9. The first kappa shape index (κ1) is 11.1. The fourth-order valence-corrected chi connectivity index (χ4v) is 2.14. The highest BCUT2D eigenvalue weighted by molar-refractivity contribution is 7.84. The number of rotatable bonds is 3. The van der Waals surface area contributed by atoms with Gasteiger partial charge in [-0.2, -0.15) is 0 Å². The predicted molar refractivity (Wildman–Crippen MR) is 51.2 cm³/mol. The number of hydrogen-bond acceptors (Lipinski definition) is 2. The molecule has 0 aliphatic carbocycles. The summed E-state index contributed by atoms with van der Waals surface area (Å²) >= 11 is 0. The third-order valence-electron chi connectivity index (χ3n) is 1.80. The van der Waals surface area contributed by atoms with Crippen molar-refractivity contribution in [1.29, 1.82) is 0 Å². The van der Waals surface area contributed by atoms with Gasteiger partial charge >= 0.3 is 0 Å². The van der Waals surface area contributed by atoms with Crippen LogP contribution < -0.4 is 5.32 Å². The quantitative estimate of drug-likeness (QED) is 0.697. The van der Waals surface area contributed by atoms with Crippen molar-refractivity contribution in [3.05, 3.63) is 0 Å². The van der Waals surface area contributed by atoms with Gasteiger partial charge < -0.3 is 5.32 Å². The topological polar surface area (TPSA) is 29.1 Å². The van der Waals surface area contributed by atoms with Crippen molar-refractivity contribution in [3.63, 3.8) is 0 Å². The smallest absolute Gasteiger partial charge is 0.0390 e. The first-order chi connectivity index (χ1) is 4.88. The Bertz CT molecular complexity index is 140. The van der Waals surface area contributed by atoms with E-state index in [1.54, 1.807) is 6.26 Å². The van der Waals surface area contributed by atoms with Crippen molar-refractivity contribution >= 4 is 10.8 Å². The van der Waals surface area contributed by atoms with Crippen molar-refractivity contribution in [3.8, 4) is 0 Å². The second-order valence-electron chi connectivity index (χ2n) is 3.95.